The van der Waals surface area contributed by atoms with Crippen LogP contribution < -0.4 is 4.74 Å². The molecule has 1 fully saturated rings. The number of aromatic nitrogens is 2. The zero-order chi connectivity index (χ0) is 19.2. The van der Waals surface area contributed by atoms with Gasteiger partial charge in [-0.25, -0.2) is 0 Å². The maximum atomic E-state index is 12.5. The number of hydrogen-bond acceptors (Lipinski definition) is 5. The van der Waals surface area contributed by atoms with Gasteiger partial charge in [0.1, 0.15) is 5.75 Å². The molecule has 0 aliphatic carbocycles. The smallest absolute Gasteiger partial charge is 0.189 e. The highest BCUT2D eigenvalue weighted by Crippen LogP contribution is 2.24. The van der Waals surface area contributed by atoms with Gasteiger partial charge >= 0.3 is 0 Å². The summed E-state index contributed by atoms with van der Waals surface area (Å²) in [6.07, 6.45) is 5.16. The molecule has 2 heterocycles. The summed E-state index contributed by atoms with van der Waals surface area (Å²) in [5, 5.41) is 4.25. The maximum absolute atomic E-state index is 12.5. The highest BCUT2D eigenvalue weighted by molar-refractivity contribution is 7.99. The quantitative estimate of drug-likeness (QED) is 0.538. The number of carbonyl (C=O) groups excluding carboxylic acids is 1. The van der Waals surface area contributed by atoms with Crippen molar-refractivity contribution in [2.45, 2.75) is 26.9 Å². The number of ketones is 1. The van der Waals surface area contributed by atoms with Gasteiger partial charge in [0.05, 0.1) is 18.9 Å². The van der Waals surface area contributed by atoms with E-state index in [0.717, 1.165) is 48.7 Å². The Morgan fingerprint density at radius 3 is 2.78 bits per heavy atom. The van der Waals surface area contributed by atoms with E-state index in [4.69, 9.17) is 4.74 Å². The van der Waals surface area contributed by atoms with Crippen LogP contribution in [0.1, 0.15) is 34.1 Å². The first-order chi connectivity index (χ1) is 13.1. The number of benzene rings is 1. The van der Waals surface area contributed by atoms with Crippen LogP contribution in [0.3, 0.4) is 0 Å². The third-order valence-corrected chi connectivity index (χ3v) is 5.84. The number of rotatable bonds is 7. The molecule has 1 aliphatic heterocycles. The predicted octanol–water partition coefficient (Wildman–Crippen LogP) is 3.66. The molecule has 1 aliphatic rings. The predicted molar refractivity (Wildman–Crippen MR) is 112 cm³/mol. The first-order valence-corrected chi connectivity index (χ1v) is 10.5. The number of allylic oxidation sites excluding steroid dienone is 1. The second-order valence-electron chi connectivity index (χ2n) is 6.62. The molecule has 27 heavy (non-hydrogen) atoms. The Bertz CT molecular complexity index is 823. The van der Waals surface area contributed by atoms with Crippen LogP contribution in [-0.4, -0.2) is 52.2 Å². The van der Waals surface area contributed by atoms with E-state index in [1.54, 1.807) is 19.4 Å². The van der Waals surface area contributed by atoms with E-state index in [0.29, 0.717) is 5.56 Å². The second kappa shape index (κ2) is 9.24. The van der Waals surface area contributed by atoms with Crippen molar-refractivity contribution in [1.29, 1.82) is 0 Å². The molecule has 2 aromatic rings. The van der Waals surface area contributed by atoms with E-state index in [9.17, 15) is 4.79 Å². The van der Waals surface area contributed by atoms with E-state index in [-0.39, 0.29) is 5.78 Å². The molecule has 5 nitrogen and oxygen atoms in total. The average Bonchev–Trinajstić information content (AvgIpc) is 3.07. The topological polar surface area (TPSA) is 47.4 Å². The van der Waals surface area contributed by atoms with Crippen LogP contribution >= 0.6 is 11.8 Å². The number of nitrogens with zero attached hydrogens (tertiary/aromatic N) is 3. The summed E-state index contributed by atoms with van der Waals surface area (Å²) in [6.45, 7) is 7.80. The van der Waals surface area contributed by atoms with E-state index in [1.165, 1.54) is 11.5 Å². The summed E-state index contributed by atoms with van der Waals surface area (Å²) in [5.74, 6) is 3.25. The second-order valence-corrected chi connectivity index (χ2v) is 7.84. The van der Waals surface area contributed by atoms with Crippen LogP contribution in [0.4, 0.5) is 0 Å². The van der Waals surface area contributed by atoms with Gasteiger partial charge in [0.2, 0.25) is 0 Å². The number of carbonyl (C=O) groups is 1. The number of hydrogen-bond donors (Lipinski definition) is 0. The van der Waals surface area contributed by atoms with Crippen LogP contribution in [0.2, 0.25) is 0 Å². The molecule has 6 heteroatoms. The van der Waals surface area contributed by atoms with E-state index >= 15 is 0 Å². The van der Waals surface area contributed by atoms with Gasteiger partial charge in [-0.2, -0.15) is 16.9 Å². The summed E-state index contributed by atoms with van der Waals surface area (Å²) < 4.78 is 7.37. The minimum Gasteiger partial charge on any atom is -0.496 e. The molecule has 1 aromatic carbocycles. The van der Waals surface area contributed by atoms with Crippen molar-refractivity contribution in [2.24, 2.45) is 0 Å². The van der Waals surface area contributed by atoms with Crippen molar-refractivity contribution in [3.8, 4) is 5.75 Å². The zero-order valence-corrected chi connectivity index (χ0v) is 17.1. The van der Waals surface area contributed by atoms with Gasteiger partial charge in [0.25, 0.3) is 0 Å². The van der Waals surface area contributed by atoms with E-state index < -0.39 is 0 Å². The van der Waals surface area contributed by atoms with Crippen LogP contribution in [0, 0.1) is 6.92 Å². The fourth-order valence-corrected chi connectivity index (χ4v) is 4.27. The van der Waals surface area contributed by atoms with Crippen molar-refractivity contribution >= 4 is 23.6 Å². The Morgan fingerprint density at radius 2 is 2.11 bits per heavy atom. The van der Waals surface area contributed by atoms with Gasteiger partial charge in [-0.15, -0.1) is 0 Å². The minimum atomic E-state index is -0.0161. The molecule has 144 valence electrons. The largest absolute Gasteiger partial charge is 0.496 e. The third kappa shape index (κ3) is 4.82. The highest BCUT2D eigenvalue weighted by Gasteiger charge is 2.14. The summed E-state index contributed by atoms with van der Waals surface area (Å²) in [6, 6.07) is 6.09. The molecule has 0 N–H and O–H groups in total. The molecular weight excluding hydrogens is 358 g/mol. The fourth-order valence-electron chi connectivity index (χ4n) is 3.29. The lowest BCUT2D eigenvalue weighted by Crippen LogP contribution is -2.32. The Kier molecular flexibility index (Phi) is 6.74. The molecule has 0 atom stereocenters. The Morgan fingerprint density at radius 1 is 1.33 bits per heavy atom. The van der Waals surface area contributed by atoms with Crippen LogP contribution in [0.5, 0.6) is 5.75 Å². The van der Waals surface area contributed by atoms with Crippen molar-refractivity contribution in [1.82, 2.24) is 14.7 Å². The molecule has 0 bridgehead atoms. The molecule has 1 saturated heterocycles. The van der Waals surface area contributed by atoms with Crippen LogP contribution in [-0.2, 0) is 13.1 Å². The monoisotopic (exact) mass is 385 g/mol. The highest BCUT2D eigenvalue weighted by atomic mass is 32.2. The molecular formula is C21H27N3O2S. The molecule has 0 saturated carbocycles. The van der Waals surface area contributed by atoms with Gasteiger partial charge in [-0.05, 0) is 37.6 Å². The SMILES string of the molecule is CCn1ncc(C(=O)/C=C/c2ccc(OC)c(CN3CCSCC3)c2)c1C. The summed E-state index contributed by atoms with van der Waals surface area (Å²) in [7, 11) is 1.71. The van der Waals surface area contributed by atoms with Crippen molar-refractivity contribution in [3.05, 3.63) is 52.9 Å². The molecule has 0 amide bonds. The standard InChI is InChI=1S/C21H27N3O2S/c1-4-24-16(2)19(14-22-24)20(25)7-5-17-6-8-21(26-3)18(13-17)15-23-9-11-27-12-10-23/h5-8,13-14H,4,9-12,15H2,1-3H3/b7-5+. The summed E-state index contributed by atoms with van der Waals surface area (Å²) in [5.41, 5.74) is 3.73. The fraction of sp³-hybridized carbons (Fsp3) is 0.429. The first kappa shape index (κ1) is 19.7. The minimum absolute atomic E-state index is 0.0161. The Balaban J connectivity index is 1.75. The van der Waals surface area contributed by atoms with Crippen molar-refractivity contribution in [3.63, 3.8) is 0 Å². The van der Waals surface area contributed by atoms with Gasteiger partial charge in [-0.3, -0.25) is 14.4 Å². The van der Waals surface area contributed by atoms with E-state index in [2.05, 4.69) is 16.1 Å². The molecule has 1 aromatic heterocycles. The lowest BCUT2D eigenvalue weighted by Gasteiger charge is -2.26. The van der Waals surface area contributed by atoms with E-state index in [1.807, 2.05) is 48.5 Å². The maximum Gasteiger partial charge on any atom is 0.189 e. The number of aryl methyl sites for hydroxylation is 1. The number of ether oxygens (including phenoxy) is 1. The number of methoxy groups -OCH3 is 1. The third-order valence-electron chi connectivity index (χ3n) is 4.90. The van der Waals surface area contributed by atoms with Gasteiger partial charge < -0.3 is 4.74 Å². The average molecular weight is 386 g/mol. The van der Waals surface area contributed by atoms with Crippen LogP contribution in [0.15, 0.2) is 30.5 Å². The van der Waals surface area contributed by atoms with Gasteiger partial charge in [0, 0.05) is 48.9 Å². The lowest BCUT2D eigenvalue weighted by molar-refractivity contribution is 0.104. The normalized spacial score (nSPS) is 15.4. The summed E-state index contributed by atoms with van der Waals surface area (Å²) >= 11 is 2.01. The van der Waals surface area contributed by atoms with Gasteiger partial charge in [0.15, 0.2) is 5.78 Å². The lowest BCUT2D eigenvalue weighted by atomic mass is 10.1. The van der Waals surface area contributed by atoms with Crippen molar-refractivity contribution < 1.29 is 9.53 Å². The molecule has 3 rings (SSSR count). The Hall–Kier alpha value is -2.05. The Labute approximate surface area is 165 Å². The van der Waals surface area contributed by atoms with Gasteiger partial charge in [-0.1, -0.05) is 12.1 Å². The van der Waals surface area contributed by atoms with Crippen LogP contribution in [0.25, 0.3) is 6.08 Å². The number of thioether (sulfide) groups is 1. The molecule has 0 spiro atoms. The van der Waals surface area contributed by atoms with Crippen molar-refractivity contribution in [2.75, 3.05) is 31.7 Å². The molecule has 0 unspecified atom stereocenters. The molecule has 0 radical (unpaired) electrons. The summed E-state index contributed by atoms with van der Waals surface area (Å²) in [4.78, 5) is 15.0. The first-order valence-electron chi connectivity index (χ1n) is 9.34. The zero-order valence-electron chi connectivity index (χ0n) is 16.3.